The van der Waals surface area contributed by atoms with Gasteiger partial charge in [0, 0.05) is 42.8 Å². The molecule has 4 saturated carbocycles. The minimum atomic E-state index is -0.885. The number of primary amides is 1. The monoisotopic (exact) mass is 467 g/mol. The zero-order valence-electron chi connectivity index (χ0n) is 21.0. The molecule has 0 aromatic heterocycles. The van der Waals surface area contributed by atoms with Crippen LogP contribution in [0, 0.1) is 17.3 Å². The van der Waals surface area contributed by atoms with Crippen molar-refractivity contribution in [1.29, 1.82) is 0 Å². The average Bonchev–Trinajstić information content (AvgIpc) is 3.51. The van der Waals surface area contributed by atoms with Crippen molar-refractivity contribution in [2.45, 2.75) is 87.6 Å². The lowest BCUT2D eigenvalue weighted by molar-refractivity contribution is -0.952. The minimum Gasteiger partial charge on any atom is -0.485 e. The molecule has 0 radical (unpaired) electrons. The number of nitrogens with two attached hydrogens (primary N) is 1. The Hall–Kier alpha value is -1.63. The number of likely N-dealkylation sites (N-methyl/N-ethyl adjacent to an activating group) is 1. The number of quaternary nitrogens is 1. The van der Waals surface area contributed by atoms with Crippen molar-refractivity contribution in [3.63, 3.8) is 0 Å². The van der Waals surface area contributed by atoms with Crippen molar-refractivity contribution in [1.82, 2.24) is 0 Å². The van der Waals surface area contributed by atoms with E-state index in [0.717, 1.165) is 54.8 Å². The Morgan fingerprint density at radius 3 is 2.71 bits per heavy atom. The van der Waals surface area contributed by atoms with Crippen LogP contribution >= 0.6 is 0 Å². The summed E-state index contributed by atoms with van der Waals surface area (Å²) < 4.78 is 14.5. The maximum absolute atomic E-state index is 12.5. The number of benzene rings is 1. The highest BCUT2D eigenvalue weighted by molar-refractivity contribution is 5.97. The Bertz CT molecular complexity index is 1110. The van der Waals surface area contributed by atoms with E-state index >= 15 is 0 Å². The number of amides is 1. The van der Waals surface area contributed by atoms with Gasteiger partial charge < -0.3 is 24.8 Å². The maximum atomic E-state index is 12.5. The highest BCUT2D eigenvalue weighted by Gasteiger charge is 2.84. The highest BCUT2D eigenvalue weighted by atomic mass is 16.6. The van der Waals surface area contributed by atoms with Crippen LogP contribution in [0.1, 0.15) is 73.9 Å². The van der Waals surface area contributed by atoms with Crippen molar-refractivity contribution in [3.8, 4) is 5.75 Å². The second kappa shape index (κ2) is 6.19. The molecule has 6 heteroatoms. The molecule has 34 heavy (non-hydrogen) atoms. The number of likely N-dealkylation sites (tertiary alicyclic amines) is 1. The molecular weight excluding hydrogens is 428 g/mol. The van der Waals surface area contributed by atoms with Gasteiger partial charge in [0.25, 0.3) is 5.91 Å². The summed E-state index contributed by atoms with van der Waals surface area (Å²) in [5.74, 6) is 1.12. The molecule has 2 aliphatic heterocycles. The Labute approximate surface area is 202 Å². The number of carbonyl (C=O) groups is 1. The first-order chi connectivity index (χ1) is 16.0. The lowest BCUT2D eigenvalue weighted by atomic mass is 9.33. The van der Waals surface area contributed by atoms with Crippen molar-refractivity contribution >= 4 is 5.91 Å². The van der Waals surface area contributed by atoms with Gasteiger partial charge in [-0.25, -0.2) is 0 Å². The molecule has 2 heterocycles. The van der Waals surface area contributed by atoms with Gasteiger partial charge >= 0.3 is 0 Å². The maximum Gasteiger partial charge on any atom is 0.252 e. The molecule has 7 aliphatic rings. The predicted molar refractivity (Wildman–Crippen MR) is 128 cm³/mol. The van der Waals surface area contributed by atoms with Gasteiger partial charge in [-0.05, 0) is 57.6 Å². The molecule has 2 spiro atoms. The van der Waals surface area contributed by atoms with E-state index in [9.17, 15) is 9.90 Å². The summed E-state index contributed by atoms with van der Waals surface area (Å²) in [5, 5.41) is 11.5. The fourth-order valence-electron chi connectivity index (χ4n) is 10.1. The van der Waals surface area contributed by atoms with Gasteiger partial charge in [-0.2, -0.15) is 0 Å². The number of fused-ring (bicyclic) bond motifs is 2. The fraction of sp³-hybridized carbons (Fsp3) is 0.750. The number of rotatable bonds is 5. The standard InChI is InChI=1S/C28H38N2O4/c1-25(2,32)19-14-26-9-10-28(19,33-4)24-27(26)11-12-30(3,15-16-5-6-16)20(26)13-17-7-8-18(23(29)31)22(34-24)21(17)27/h7-8,16,19-20,24,32H,5-6,9-15H2,1-4H3,(H-,29,31)/p+1/t19-,20-,24-,26-,27+,28-,30-/m1/s1. The summed E-state index contributed by atoms with van der Waals surface area (Å²) in [6.45, 7) is 6.29. The molecule has 3 N–H and O–H groups in total. The first-order valence-electron chi connectivity index (χ1n) is 13.3. The number of methoxy groups -OCH3 is 1. The molecule has 5 aliphatic carbocycles. The number of carbonyl (C=O) groups excluding carboxylic acids is 1. The highest BCUT2D eigenvalue weighted by Crippen LogP contribution is 2.77. The summed E-state index contributed by atoms with van der Waals surface area (Å²) in [4.78, 5) is 12.5. The second-order valence-corrected chi connectivity index (χ2v) is 13.3. The third-order valence-electron chi connectivity index (χ3n) is 11.5. The molecule has 1 amide bonds. The lowest BCUT2D eigenvalue weighted by Crippen LogP contribution is -2.84. The first kappa shape index (κ1) is 21.6. The SMILES string of the molecule is CO[C@]12CC[C@@]3(C[C@@H]1C(C)(C)O)[C@H]1Cc4ccc(C(N)=O)c5c4[C@@]3(CC[N@+]1(C)CC1CC1)[C@H]2O5. The van der Waals surface area contributed by atoms with Gasteiger partial charge in [-0.1, -0.05) is 6.07 Å². The quantitative estimate of drug-likeness (QED) is 0.653. The molecule has 1 aromatic rings. The summed E-state index contributed by atoms with van der Waals surface area (Å²) in [5.41, 5.74) is 7.36. The Balaban J connectivity index is 1.52. The van der Waals surface area contributed by atoms with E-state index in [0.29, 0.717) is 11.6 Å². The number of piperidine rings is 1. The van der Waals surface area contributed by atoms with Crippen molar-refractivity contribution in [2.75, 3.05) is 27.2 Å². The Morgan fingerprint density at radius 2 is 2.06 bits per heavy atom. The van der Waals surface area contributed by atoms with Gasteiger partial charge in [-0.15, -0.1) is 0 Å². The topological polar surface area (TPSA) is 81.8 Å². The Morgan fingerprint density at radius 1 is 1.29 bits per heavy atom. The molecule has 7 atom stereocenters. The van der Waals surface area contributed by atoms with Gasteiger partial charge in [0.2, 0.25) is 0 Å². The van der Waals surface area contributed by atoms with Gasteiger partial charge in [0.05, 0.1) is 42.8 Å². The Kier molecular flexibility index (Phi) is 3.94. The zero-order valence-corrected chi connectivity index (χ0v) is 21.0. The third-order valence-corrected chi connectivity index (χ3v) is 11.5. The van der Waals surface area contributed by atoms with Crippen molar-refractivity contribution in [3.05, 3.63) is 28.8 Å². The van der Waals surface area contributed by atoms with E-state index in [-0.39, 0.29) is 22.9 Å². The number of nitrogens with zero attached hydrogens (tertiary/aromatic N) is 1. The lowest BCUT2D eigenvalue weighted by Gasteiger charge is -2.75. The van der Waals surface area contributed by atoms with E-state index in [1.807, 2.05) is 19.9 Å². The number of ether oxygens (including phenoxy) is 2. The molecule has 1 aromatic carbocycles. The summed E-state index contributed by atoms with van der Waals surface area (Å²) in [6, 6.07) is 4.54. The van der Waals surface area contributed by atoms with Crippen molar-refractivity contribution < 1.29 is 23.9 Å². The molecule has 4 bridgehead atoms. The molecule has 5 fully saturated rings. The molecule has 184 valence electrons. The molecular formula is C28H39N2O4+. The summed E-state index contributed by atoms with van der Waals surface area (Å²) in [7, 11) is 4.30. The number of hydrogen-bond acceptors (Lipinski definition) is 4. The van der Waals surface area contributed by atoms with Gasteiger partial charge in [0.1, 0.15) is 17.5 Å². The van der Waals surface area contributed by atoms with Crippen LogP contribution in [0.5, 0.6) is 5.75 Å². The van der Waals surface area contributed by atoms with Crippen molar-refractivity contribution in [2.24, 2.45) is 23.0 Å². The van der Waals surface area contributed by atoms with E-state index in [2.05, 4.69) is 13.1 Å². The van der Waals surface area contributed by atoms with Gasteiger partial charge in [-0.3, -0.25) is 4.79 Å². The smallest absolute Gasteiger partial charge is 0.252 e. The molecule has 1 saturated heterocycles. The van der Waals surface area contributed by atoms with E-state index in [4.69, 9.17) is 15.2 Å². The van der Waals surface area contributed by atoms with Crippen LogP contribution in [-0.4, -0.2) is 66.1 Å². The normalized spacial score (nSPS) is 45.6. The van der Waals surface area contributed by atoms with Crippen LogP contribution in [-0.2, 0) is 16.6 Å². The summed E-state index contributed by atoms with van der Waals surface area (Å²) >= 11 is 0. The van der Waals surface area contributed by atoms with Crippen LogP contribution < -0.4 is 10.5 Å². The van der Waals surface area contributed by atoms with Crippen LogP contribution in [0.2, 0.25) is 0 Å². The zero-order chi connectivity index (χ0) is 23.9. The third kappa shape index (κ3) is 2.23. The van der Waals surface area contributed by atoms with Crippen LogP contribution in [0.3, 0.4) is 0 Å². The number of aliphatic hydroxyl groups is 1. The largest absolute Gasteiger partial charge is 0.485 e. The predicted octanol–water partition coefficient (Wildman–Crippen LogP) is 2.93. The molecule has 6 nitrogen and oxygen atoms in total. The molecule has 0 unspecified atom stereocenters. The number of hydrogen-bond donors (Lipinski definition) is 2. The fourth-order valence-corrected chi connectivity index (χ4v) is 10.1. The summed E-state index contributed by atoms with van der Waals surface area (Å²) in [6.07, 6.45) is 7.53. The van der Waals surface area contributed by atoms with E-state index in [1.165, 1.54) is 30.5 Å². The van der Waals surface area contributed by atoms with Gasteiger partial charge in [0.15, 0.2) is 0 Å². The second-order valence-electron chi connectivity index (χ2n) is 13.3. The first-order valence-corrected chi connectivity index (χ1v) is 13.3. The van der Waals surface area contributed by atoms with Crippen LogP contribution in [0.15, 0.2) is 12.1 Å². The van der Waals surface area contributed by atoms with E-state index in [1.54, 1.807) is 7.11 Å². The minimum absolute atomic E-state index is 0.0268. The average molecular weight is 468 g/mol. The van der Waals surface area contributed by atoms with Crippen LogP contribution in [0.25, 0.3) is 0 Å². The van der Waals surface area contributed by atoms with E-state index < -0.39 is 17.1 Å². The van der Waals surface area contributed by atoms with Crippen LogP contribution in [0.4, 0.5) is 0 Å². The molecule has 8 rings (SSSR count).